The smallest absolute Gasteiger partial charge is 0.0312 e. The van der Waals surface area contributed by atoms with Crippen LogP contribution in [-0.2, 0) is 17.1 Å². The van der Waals surface area contributed by atoms with E-state index < -0.39 is 0 Å². The normalized spacial score (nSPS) is 30.1. The number of nitrogens with zero attached hydrogens (tertiary/aromatic N) is 1. The molecule has 3 atom stereocenters. The molecule has 3 aliphatic rings. The molecule has 3 saturated carbocycles. The Kier molecular flexibility index (Phi) is 11.0. The molecule has 0 aromatic carbocycles. The van der Waals surface area contributed by atoms with E-state index in [1.165, 1.54) is 23.6 Å². The van der Waals surface area contributed by atoms with Crippen LogP contribution in [0.5, 0.6) is 0 Å². The van der Waals surface area contributed by atoms with Gasteiger partial charge in [0.1, 0.15) is 0 Å². The summed E-state index contributed by atoms with van der Waals surface area (Å²) in [5.74, 6) is 1.45. The molecule has 3 aliphatic carbocycles. The molecule has 2 nitrogen and oxygen atoms in total. The van der Waals surface area contributed by atoms with Crippen molar-refractivity contribution >= 4 is 15.0 Å². The van der Waals surface area contributed by atoms with E-state index in [1.54, 1.807) is 0 Å². The van der Waals surface area contributed by atoms with Gasteiger partial charge < -0.3 is 0 Å². The number of hydrogen-bond acceptors (Lipinski definition) is 2. The van der Waals surface area contributed by atoms with E-state index in [1.807, 2.05) is 32.1 Å². The largest absolute Gasteiger partial charge is 2.00 e. The molecule has 0 unspecified atom stereocenters. The molecule has 0 aromatic heterocycles. The summed E-state index contributed by atoms with van der Waals surface area (Å²) in [5, 5.41) is 9.93. The number of aliphatic hydroxyl groups excluding tert-OH is 1. The summed E-state index contributed by atoms with van der Waals surface area (Å²) >= 11 is 0.430. The molecule has 0 aromatic rings. The van der Waals surface area contributed by atoms with Crippen molar-refractivity contribution in [2.45, 2.75) is 43.1 Å². The Morgan fingerprint density at radius 1 is 1.04 bits per heavy atom. The van der Waals surface area contributed by atoms with Gasteiger partial charge in [-0.05, 0) is 32.1 Å². The Hall–Kier alpha value is 0.959. The maximum absolute atomic E-state index is 9.93. The first-order valence-corrected chi connectivity index (χ1v) is 9.87. The van der Waals surface area contributed by atoms with Crippen LogP contribution in [0.3, 0.4) is 0 Å². The van der Waals surface area contributed by atoms with Crippen molar-refractivity contribution in [1.29, 1.82) is 0 Å². The minimum atomic E-state index is -0.0487. The number of aliphatic hydroxyl groups is 1. The zero-order chi connectivity index (χ0) is 15.9. The SMILES string of the molecule is C[C@@H]([C]1[CH][CH][CH][C]1[Se][C@@H]1CCC[C@H]1O)N(C)C.[CH]1[CH][CH][CH][CH]1.[Fe+2]. The van der Waals surface area contributed by atoms with Gasteiger partial charge in [-0.1, -0.05) is 0 Å². The van der Waals surface area contributed by atoms with Gasteiger partial charge in [0.25, 0.3) is 0 Å². The van der Waals surface area contributed by atoms with Crippen LogP contribution < -0.4 is 0 Å². The maximum Gasteiger partial charge on any atom is 2.00 e. The van der Waals surface area contributed by atoms with Gasteiger partial charge in [-0.15, -0.1) is 0 Å². The number of hydrogen-bond donors (Lipinski definition) is 1. The van der Waals surface area contributed by atoms with Gasteiger partial charge in [-0.25, -0.2) is 0 Å². The third kappa shape index (κ3) is 7.00. The third-order valence-corrected chi connectivity index (χ3v) is 7.39. The maximum atomic E-state index is 9.93. The Balaban J connectivity index is 0.000000377. The van der Waals surface area contributed by atoms with Crippen LogP contribution in [0, 0.1) is 62.1 Å². The molecule has 126 valence electrons. The summed E-state index contributed by atoms with van der Waals surface area (Å²) in [6.45, 7) is 2.25. The zero-order valence-corrected chi connectivity index (χ0v) is 16.9. The summed E-state index contributed by atoms with van der Waals surface area (Å²) in [4.78, 5) is 4.28. The fourth-order valence-corrected chi connectivity index (χ4v) is 5.69. The van der Waals surface area contributed by atoms with Gasteiger partial charge in [-0.2, -0.15) is 0 Å². The number of rotatable bonds is 4. The summed E-state index contributed by atoms with van der Waals surface area (Å²) in [7, 11) is 4.25. The molecule has 10 radical (unpaired) electrons. The average molecular weight is 420 g/mol. The molecular formula is C19H27FeNOSe+2. The second kappa shape index (κ2) is 11.6. The standard InChI is InChI=1S/C14H22NOSe.C5H5.Fe/c1-10(15(2)3)11-6-4-8-13(11)17-14-9-5-7-12(14)16;1-2-4-5-3-1;/h4,6,8,10,12,14,16H,5,7,9H2,1-3H3;1-5H;/q;;+2/t10-,12+,14+;;/m0../s1. The van der Waals surface area contributed by atoms with Crippen molar-refractivity contribution in [2.24, 2.45) is 0 Å². The van der Waals surface area contributed by atoms with Crippen LogP contribution in [0.25, 0.3) is 0 Å². The van der Waals surface area contributed by atoms with Crippen LogP contribution in [0.4, 0.5) is 0 Å². The van der Waals surface area contributed by atoms with Crippen molar-refractivity contribution < 1.29 is 22.2 Å². The van der Waals surface area contributed by atoms with Gasteiger partial charge in [0.2, 0.25) is 0 Å². The van der Waals surface area contributed by atoms with Crippen molar-refractivity contribution in [3.05, 3.63) is 62.1 Å². The van der Waals surface area contributed by atoms with Crippen molar-refractivity contribution in [1.82, 2.24) is 4.90 Å². The van der Waals surface area contributed by atoms with Crippen LogP contribution in [0.1, 0.15) is 26.2 Å². The minimum Gasteiger partial charge on any atom is -0.0312 e. The Morgan fingerprint density at radius 2 is 1.65 bits per heavy atom. The predicted molar refractivity (Wildman–Crippen MR) is 93.4 cm³/mol. The zero-order valence-electron chi connectivity index (χ0n) is 14.1. The molecule has 0 saturated heterocycles. The summed E-state index contributed by atoms with van der Waals surface area (Å²) in [6.07, 6.45) is 20.0. The van der Waals surface area contributed by atoms with Gasteiger partial charge in [0.15, 0.2) is 0 Å². The molecule has 0 spiro atoms. The second-order valence-electron chi connectivity index (χ2n) is 6.10. The van der Waals surface area contributed by atoms with E-state index in [0.29, 0.717) is 25.8 Å². The summed E-state index contributed by atoms with van der Waals surface area (Å²) < 4.78 is 0. The molecule has 0 amide bonds. The van der Waals surface area contributed by atoms with Crippen molar-refractivity contribution in [3.63, 3.8) is 0 Å². The van der Waals surface area contributed by atoms with Crippen molar-refractivity contribution in [2.75, 3.05) is 14.1 Å². The molecule has 0 bridgehead atoms. The second-order valence-corrected chi connectivity index (χ2v) is 8.79. The van der Waals surface area contributed by atoms with E-state index in [9.17, 15) is 5.11 Å². The Morgan fingerprint density at radius 3 is 2.13 bits per heavy atom. The molecule has 1 N–H and O–H groups in total. The minimum absolute atomic E-state index is 0. The topological polar surface area (TPSA) is 23.5 Å². The fraction of sp³-hybridized carbons (Fsp3) is 0.474. The summed E-state index contributed by atoms with van der Waals surface area (Å²) in [6, 6.07) is 0.473. The first-order chi connectivity index (χ1) is 10.6. The fourth-order valence-electron chi connectivity index (χ4n) is 2.68. The van der Waals surface area contributed by atoms with Crippen LogP contribution in [-0.4, -0.2) is 51.2 Å². The molecule has 4 heteroatoms. The van der Waals surface area contributed by atoms with Gasteiger partial charge in [-0.3, -0.25) is 0 Å². The van der Waals surface area contributed by atoms with Gasteiger partial charge >= 0.3 is 129 Å². The molecule has 0 aliphatic heterocycles. The molecule has 3 rings (SSSR count). The quantitative estimate of drug-likeness (QED) is 0.708. The monoisotopic (exact) mass is 421 g/mol. The van der Waals surface area contributed by atoms with E-state index in [4.69, 9.17) is 0 Å². The average Bonchev–Trinajstić information content (AvgIpc) is 3.23. The first-order valence-electron chi connectivity index (χ1n) is 8.03. The van der Waals surface area contributed by atoms with Crippen LogP contribution >= 0.6 is 0 Å². The van der Waals surface area contributed by atoms with E-state index in [2.05, 4.69) is 45.2 Å². The van der Waals surface area contributed by atoms with Crippen LogP contribution in [0.2, 0.25) is 4.82 Å². The third-order valence-electron chi connectivity index (χ3n) is 4.28. The molecule has 23 heavy (non-hydrogen) atoms. The van der Waals surface area contributed by atoms with Gasteiger partial charge in [0, 0.05) is 0 Å². The van der Waals surface area contributed by atoms with Crippen molar-refractivity contribution in [3.8, 4) is 0 Å². The Bertz CT molecular complexity index is 304. The van der Waals surface area contributed by atoms with E-state index in [0.717, 1.165) is 6.42 Å². The summed E-state index contributed by atoms with van der Waals surface area (Å²) in [5.41, 5.74) is 0. The van der Waals surface area contributed by atoms with E-state index >= 15 is 0 Å². The molecule has 3 fully saturated rings. The Labute approximate surface area is 161 Å². The van der Waals surface area contributed by atoms with Crippen LogP contribution in [0.15, 0.2) is 0 Å². The molecule has 0 heterocycles. The first kappa shape index (κ1) is 22.0. The molecular weight excluding hydrogens is 393 g/mol. The predicted octanol–water partition coefficient (Wildman–Crippen LogP) is 2.73. The van der Waals surface area contributed by atoms with Gasteiger partial charge in [0.05, 0.1) is 0 Å². The van der Waals surface area contributed by atoms with E-state index in [-0.39, 0.29) is 23.2 Å².